The Balaban J connectivity index is 1.76. The van der Waals surface area contributed by atoms with Crippen molar-refractivity contribution in [3.63, 3.8) is 0 Å². The van der Waals surface area contributed by atoms with Gasteiger partial charge in [0.2, 0.25) is 0 Å². The van der Waals surface area contributed by atoms with Crippen LogP contribution in [-0.4, -0.2) is 5.71 Å². The molecule has 0 fully saturated rings. The van der Waals surface area contributed by atoms with Crippen LogP contribution in [0.3, 0.4) is 0 Å². The first kappa shape index (κ1) is 16.2. The Labute approximate surface area is 157 Å². The quantitative estimate of drug-likeness (QED) is 0.527. The van der Waals surface area contributed by atoms with Gasteiger partial charge in [0.05, 0.1) is 17.4 Å². The van der Waals surface area contributed by atoms with Crippen molar-refractivity contribution < 1.29 is 0 Å². The van der Waals surface area contributed by atoms with E-state index < -0.39 is 0 Å². The van der Waals surface area contributed by atoms with Gasteiger partial charge in [-0.3, -0.25) is 5.01 Å². The molecule has 0 bridgehead atoms. The summed E-state index contributed by atoms with van der Waals surface area (Å²) in [5.41, 5.74) is 4.38. The molecule has 0 saturated carbocycles. The highest BCUT2D eigenvalue weighted by atomic mass is 35.5. The Morgan fingerprint density at radius 3 is 2.28 bits per heavy atom. The van der Waals surface area contributed by atoms with E-state index in [-0.39, 0.29) is 6.04 Å². The number of anilines is 1. The summed E-state index contributed by atoms with van der Waals surface area (Å²) in [7, 11) is 0. The maximum absolute atomic E-state index is 6.20. The van der Waals surface area contributed by atoms with E-state index in [9.17, 15) is 0 Å². The highest BCUT2D eigenvalue weighted by Gasteiger charge is 2.29. The predicted molar refractivity (Wildman–Crippen MR) is 106 cm³/mol. The van der Waals surface area contributed by atoms with Crippen LogP contribution in [-0.2, 0) is 0 Å². The molecule has 4 rings (SSSR count). The summed E-state index contributed by atoms with van der Waals surface area (Å²) >= 11 is 12.3. The van der Waals surface area contributed by atoms with Gasteiger partial charge in [0.25, 0.3) is 0 Å². The Kier molecular flexibility index (Phi) is 4.48. The van der Waals surface area contributed by atoms with Crippen LogP contribution >= 0.6 is 23.2 Å². The molecule has 25 heavy (non-hydrogen) atoms. The molecule has 0 N–H and O–H groups in total. The third kappa shape index (κ3) is 3.41. The minimum Gasteiger partial charge on any atom is -0.257 e. The van der Waals surface area contributed by atoms with Gasteiger partial charge in [-0.05, 0) is 41.5 Å². The molecule has 0 spiro atoms. The van der Waals surface area contributed by atoms with Gasteiger partial charge in [-0.15, -0.1) is 0 Å². The molecule has 0 amide bonds. The molecule has 1 aliphatic rings. The maximum atomic E-state index is 6.20. The van der Waals surface area contributed by atoms with Gasteiger partial charge in [-0.2, -0.15) is 5.10 Å². The number of hydrazone groups is 1. The Morgan fingerprint density at radius 2 is 1.56 bits per heavy atom. The zero-order chi connectivity index (χ0) is 17.2. The molecule has 1 heterocycles. The summed E-state index contributed by atoms with van der Waals surface area (Å²) in [4.78, 5) is 0. The fourth-order valence-corrected chi connectivity index (χ4v) is 3.43. The van der Waals surface area contributed by atoms with E-state index in [0.717, 1.165) is 28.4 Å². The minimum absolute atomic E-state index is 0.117. The van der Waals surface area contributed by atoms with Crippen molar-refractivity contribution in [3.05, 3.63) is 100 Å². The Hall–Kier alpha value is -2.29. The lowest BCUT2D eigenvalue weighted by molar-refractivity contribution is 0.709. The first-order valence-corrected chi connectivity index (χ1v) is 8.89. The summed E-state index contributed by atoms with van der Waals surface area (Å²) in [5, 5.41) is 8.40. The van der Waals surface area contributed by atoms with Crippen molar-refractivity contribution in [1.82, 2.24) is 0 Å². The molecule has 3 aromatic carbocycles. The van der Waals surface area contributed by atoms with Crippen LogP contribution in [0.1, 0.15) is 23.6 Å². The zero-order valence-corrected chi connectivity index (χ0v) is 15.0. The van der Waals surface area contributed by atoms with Crippen molar-refractivity contribution in [3.8, 4) is 0 Å². The van der Waals surface area contributed by atoms with E-state index in [1.54, 1.807) is 0 Å². The van der Waals surface area contributed by atoms with Crippen LogP contribution in [0.5, 0.6) is 0 Å². The summed E-state index contributed by atoms with van der Waals surface area (Å²) in [6.45, 7) is 0. The fraction of sp³-hybridized carbons (Fsp3) is 0.0952. The smallest absolute Gasteiger partial charge is 0.0831 e. The van der Waals surface area contributed by atoms with Gasteiger partial charge in [-0.1, -0.05) is 71.7 Å². The van der Waals surface area contributed by atoms with Gasteiger partial charge < -0.3 is 0 Å². The molecule has 1 unspecified atom stereocenters. The molecular formula is C21H16Cl2N2. The number of rotatable bonds is 3. The van der Waals surface area contributed by atoms with E-state index >= 15 is 0 Å². The lowest BCUT2D eigenvalue weighted by atomic mass is 9.98. The molecule has 124 valence electrons. The standard InChI is InChI=1S/C21H16Cl2N2/c22-17-11-9-16(10-12-17)21-14-20(15-5-2-1-3-6-15)24-25(21)19-8-4-7-18(23)13-19/h1-13,21H,14H2. The lowest BCUT2D eigenvalue weighted by Crippen LogP contribution is -2.18. The normalized spacial score (nSPS) is 16.8. The SMILES string of the molecule is Clc1ccc(C2CC(c3ccccc3)=NN2c2cccc(Cl)c2)cc1. The van der Waals surface area contributed by atoms with E-state index in [1.807, 2.05) is 54.6 Å². The summed E-state index contributed by atoms with van der Waals surface area (Å²) < 4.78 is 0. The van der Waals surface area contributed by atoms with Gasteiger partial charge in [0.1, 0.15) is 0 Å². The Morgan fingerprint density at radius 1 is 0.800 bits per heavy atom. The van der Waals surface area contributed by atoms with Gasteiger partial charge >= 0.3 is 0 Å². The van der Waals surface area contributed by atoms with Gasteiger partial charge in [-0.25, -0.2) is 0 Å². The predicted octanol–water partition coefficient (Wildman–Crippen LogP) is 6.35. The zero-order valence-electron chi connectivity index (χ0n) is 13.4. The third-order valence-electron chi connectivity index (χ3n) is 4.34. The van der Waals surface area contributed by atoms with Crippen molar-refractivity contribution in [2.75, 3.05) is 5.01 Å². The molecular weight excluding hydrogens is 351 g/mol. The number of hydrogen-bond acceptors (Lipinski definition) is 2. The molecule has 0 radical (unpaired) electrons. The van der Waals surface area contributed by atoms with E-state index in [4.69, 9.17) is 28.3 Å². The highest BCUT2D eigenvalue weighted by Crippen LogP contribution is 2.37. The summed E-state index contributed by atoms with van der Waals surface area (Å²) in [6.07, 6.45) is 0.832. The second-order valence-electron chi connectivity index (χ2n) is 6.01. The number of nitrogens with zero attached hydrogens (tertiary/aromatic N) is 2. The van der Waals surface area contributed by atoms with E-state index in [2.05, 4.69) is 29.3 Å². The summed E-state index contributed by atoms with van der Waals surface area (Å²) in [5.74, 6) is 0. The van der Waals surface area contributed by atoms with Crippen LogP contribution in [0.25, 0.3) is 0 Å². The molecule has 4 heteroatoms. The molecule has 0 saturated heterocycles. The first-order valence-electron chi connectivity index (χ1n) is 8.14. The molecule has 0 aromatic heterocycles. The topological polar surface area (TPSA) is 15.6 Å². The third-order valence-corrected chi connectivity index (χ3v) is 4.83. The Bertz CT molecular complexity index is 905. The molecule has 2 nitrogen and oxygen atoms in total. The average molecular weight is 367 g/mol. The first-order chi connectivity index (χ1) is 12.2. The minimum atomic E-state index is 0.117. The molecule has 1 aliphatic heterocycles. The van der Waals surface area contributed by atoms with E-state index in [0.29, 0.717) is 5.02 Å². The van der Waals surface area contributed by atoms with Crippen molar-refractivity contribution >= 4 is 34.6 Å². The molecule has 0 aliphatic carbocycles. The monoisotopic (exact) mass is 366 g/mol. The second-order valence-corrected chi connectivity index (χ2v) is 6.88. The second kappa shape index (κ2) is 6.91. The largest absolute Gasteiger partial charge is 0.257 e. The van der Waals surface area contributed by atoms with Crippen LogP contribution in [0.2, 0.25) is 10.0 Å². The fourth-order valence-electron chi connectivity index (χ4n) is 3.12. The number of hydrogen-bond donors (Lipinski definition) is 0. The average Bonchev–Trinajstić information content (AvgIpc) is 3.08. The number of benzene rings is 3. The van der Waals surface area contributed by atoms with Gasteiger partial charge in [0, 0.05) is 16.5 Å². The van der Waals surface area contributed by atoms with Crippen LogP contribution in [0.4, 0.5) is 5.69 Å². The van der Waals surface area contributed by atoms with Crippen LogP contribution in [0, 0.1) is 0 Å². The summed E-state index contributed by atoms with van der Waals surface area (Å²) in [6, 6.07) is 26.2. The van der Waals surface area contributed by atoms with Crippen molar-refractivity contribution in [1.29, 1.82) is 0 Å². The molecule has 1 atom stereocenters. The number of halogens is 2. The van der Waals surface area contributed by atoms with Gasteiger partial charge in [0.15, 0.2) is 0 Å². The lowest BCUT2D eigenvalue weighted by Gasteiger charge is -2.24. The highest BCUT2D eigenvalue weighted by molar-refractivity contribution is 6.31. The van der Waals surface area contributed by atoms with Crippen molar-refractivity contribution in [2.24, 2.45) is 5.10 Å². The van der Waals surface area contributed by atoms with E-state index in [1.165, 1.54) is 5.56 Å². The van der Waals surface area contributed by atoms with Crippen LogP contribution in [0.15, 0.2) is 84.0 Å². The molecule has 3 aromatic rings. The van der Waals surface area contributed by atoms with Crippen LogP contribution < -0.4 is 5.01 Å². The maximum Gasteiger partial charge on any atom is 0.0831 e. The van der Waals surface area contributed by atoms with Crippen molar-refractivity contribution in [2.45, 2.75) is 12.5 Å².